The molecule has 0 bridgehead atoms. The van der Waals surface area contributed by atoms with Crippen molar-refractivity contribution in [3.8, 4) is 0 Å². The normalized spacial score (nSPS) is 24.5. The van der Waals surface area contributed by atoms with Gasteiger partial charge in [-0.05, 0) is 37.5 Å². The Labute approximate surface area is 108 Å². The molecule has 1 aromatic carbocycles. The molecular weight excluding hydrogens is 250 g/mol. The van der Waals surface area contributed by atoms with Gasteiger partial charge in [0, 0.05) is 18.3 Å². The molecule has 0 saturated carbocycles. The fourth-order valence-electron chi connectivity index (χ4n) is 2.63. The van der Waals surface area contributed by atoms with E-state index in [9.17, 15) is 8.42 Å². The zero-order chi connectivity index (χ0) is 13.5. The maximum absolute atomic E-state index is 11.6. The van der Waals surface area contributed by atoms with Crippen LogP contribution in [0.15, 0.2) is 23.1 Å². The summed E-state index contributed by atoms with van der Waals surface area (Å²) in [6.07, 6.45) is 1.05. The monoisotopic (exact) mass is 269 g/mol. The molecule has 1 heterocycles. The maximum Gasteiger partial charge on any atom is 0.240 e. The van der Waals surface area contributed by atoms with Crippen molar-refractivity contribution >= 4 is 21.4 Å². The first kappa shape index (κ1) is 13.2. The van der Waals surface area contributed by atoms with Gasteiger partial charge in [-0.15, -0.1) is 0 Å². The van der Waals surface area contributed by atoms with Crippen LogP contribution in [-0.2, 0) is 10.0 Å². The SMILES string of the molecule is CC1CC(C)N(c2ccc(N)cc2S(N)(=O)=O)C1. The largest absolute Gasteiger partial charge is 0.399 e. The van der Waals surface area contributed by atoms with Crippen LogP contribution in [0.25, 0.3) is 0 Å². The molecule has 1 aliphatic heterocycles. The number of anilines is 2. The van der Waals surface area contributed by atoms with Gasteiger partial charge in [0.25, 0.3) is 0 Å². The fourth-order valence-corrected chi connectivity index (χ4v) is 3.41. The van der Waals surface area contributed by atoms with Crippen molar-refractivity contribution in [2.75, 3.05) is 17.2 Å². The highest BCUT2D eigenvalue weighted by molar-refractivity contribution is 7.89. The van der Waals surface area contributed by atoms with E-state index in [2.05, 4.69) is 18.7 Å². The number of sulfonamides is 1. The molecule has 2 unspecified atom stereocenters. The molecule has 6 heteroatoms. The van der Waals surface area contributed by atoms with E-state index in [4.69, 9.17) is 10.9 Å². The summed E-state index contributed by atoms with van der Waals surface area (Å²) >= 11 is 0. The van der Waals surface area contributed by atoms with Gasteiger partial charge in [0.15, 0.2) is 0 Å². The van der Waals surface area contributed by atoms with E-state index < -0.39 is 10.0 Å². The van der Waals surface area contributed by atoms with Gasteiger partial charge in [-0.1, -0.05) is 6.92 Å². The number of nitrogens with two attached hydrogens (primary N) is 2. The van der Waals surface area contributed by atoms with Crippen LogP contribution in [0.5, 0.6) is 0 Å². The number of nitrogen functional groups attached to an aromatic ring is 1. The van der Waals surface area contributed by atoms with Gasteiger partial charge in [-0.25, -0.2) is 13.6 Å². The van der Waals surface area contributed by atoms with Crippen molar-refractivity contribution in [3.63, 3.8) is 0 Å². The summed E-state index contributed by atoms with van der Waals surface area (Å²) in [4.78, 5) is 2.20. The molecule has 1 aliphatic rings. The molecule has 100 valence electrons. The van der Waals surface area contributed by atoms with Crippen LogP contribution in [0.4, 0.5) is 11.4 Å². The number of nitrogens with zero attached hydrogens (tertiary/aromatic N) is 1. The van der Waals surface area contributed by atoms with Gasteiger partial charge in [0.2, 0.25) is 10.0 Å². The van der Waals surface area contributed by atoms with Crippen molar-refractivity contribution in [3.05, 3.63) is 18.2 Å². The van der Waals surface area contributed by atoms with Crippen LogP contribution in [0, 0.1) is 5.92 Å². The maximum atomic E-state index is 11.6. The Kier molecular flexibility index (Phi) is 3.25. The topological polar surface area (TPSA) is 89.4 Å². The summed E-state index contributed by atoms with van der Waals surface area (Å²) in [5.74, 6) is 0.547. The van der Waals surface area contributed by atoms with E-state index in [1.54, 1.807) is 12.1 Å². The lowest BCUT2D eigenvalue weighted by atomic mass is 10.1. The lowest BCUT2D eigenvalue weighted by molar-refractivity contribution is 0.597. The summed E-state index contributed by atoms with van der Waals surface area (Å²) in [5.41, 5.74) is 6.71. The quantitative estimate of drug-likeness (QED) is 0.788. The van der Waals surface area contributed by atoms with E-state index in [0.717, 1.165) is 13.0 Å². The van der Waals surface area contributed by atoms with Gasteiger partial charge in [-0.2, -0.15) is 0 Å². The van der Waals surface area contributed by atoms with E-state index in [1.165, 1.54) is 6.07 Å². The summed E-state index contributed by atoms with van der Waals surface area (Å²) in [6.45, 7) is 5.09. The Bertz CT molecular complexity index is 556. The van der Waals surface area contributed by atoms with Crippen molar-refractivity contribution in [1.82, 2.24) is 0 Å². The minimum atomic E-state index is -3.76. The lowest BCUT2D eigenvalue weighted by Crippen LogP contribution is -2.29. The smallest absolute Gasteiger partial charge is 0.240 e. The van der Waals surface area contributed by atoms with Crippen molar-refractivity contribution in [2.24, 2.45) is 11.1 Å². The zero-order valence-corrected chi connectivity index (χ0v) is 11.4. The fraction of sp³-hybridized carbons (Fsp3) is 0.500. The Morgan fingerprint density at radius 2 is 2.00 bits per heavy atom. The van der Waals surface area contributed by atoms with Gasteiger partial charge in [0.05, 0.1) is 5.69 Å². The first-order valence-electron chi connectivity index (χ1n) is 5.98. The van der Waals surface area contributed by atoms with Crippen molar-refractivity contribution in [1.29, 1.82) is 0 Å². The van der Waals surface area contributed by atoms with Gasteiger partial charge < -0.3 is 10.6 Å². The summed E-state index contributed by atoms with van der Waals surface area (Å²) in [7, 11) is -3.76. The Balaban J connectivity index is 2.51. The Morgan fingerprint density at radius 3 is 2.50 bits per heavy atom. The highest BCUT2D eigenvalue weighted by atomic mass is 32.2. The molecule has 0 amide bonds. The molecular formula is C12H19N3O2S. The second-order valence-electron chi connectivity index (χ2n) is 5.11. The number of hydrogen-bond donors (Lipinski definition) is 2. The summed E-state index contributed by atoms with van der Waals surface area (Å²) in [5, 5.41) is 5.26. The average Bonchev–Trinajstić information content (AvgIpc) is 2.56. The molecule has 18 heavy (non-hydrogen) atoms. The van der Waals surface area contributed by atoms with Crippen molar-refractivity contribution in [2.45, 2.75) is 31.2 Å². The zero-order valence-electron chi connectivity index (χ0n) is 10.6. The highest BCUT2D eigenvalue weighted by Gasteiger charge is 2.29. The number of rotatable bonds is 2. The third-order valence-corrected chi connectivity index (χ3v) is 4.32. The minimum absolute atomic E-state index is 0.114. The Morgan fingerprint density at radius 1 is 1.33 bits per heavy atom. The van der Waals surface area contributed by atoms with Crippen LogP contribution in [0.2, 0.25) is 0 Å². The average molecular weight is 269 g/mol. The van der Waals surface area contributed by atoms with Gasteiger partial charge in [-0.3, -0.25) is 0 Å². The first-order valence-corrected chi connectivity index (χ1v) is 7.52. The van der Waals surface area contributed by atoms with E-state index in [1.807, 2.05) is 0 Å². The molecule has 1 saturated heterocycles. The molecule has 1 fully saturated rings. The molecule has 0 radical (unpaired) electrons. The molecule has 0 aromatic heterocycles. The molecule has 0 spiro atoms. The van der Waals surface area contributed by atoms with Crippen LogP contribution >= 0.6 is 0 Å². The predicted octanol–water partition coefficient (Wildman–Crippen LogP) is 1.15. The molecule has 4 N–H and O–H groups in total. The third kappa shape index (κ3) is 2.44. The standard InChI is InChI=1S/C12H19N3O2S/c1-8-5-9(2)15(7-8)11-4-3-10(13)6-12(11)18(14,16)17/h3-4,6,8-9H,5,7,13H2,1-2H3,(H2,14,16,17). The Hall–Kier alpha value is -1.27. The van der Waals surface area contributed by atoms with Crippen LogP contribution < -0.4 is 15.8 Å². The van der Waals surface area contributed by atoms with Crippen LogP contribution in [0.3, 0.4) is 0 Å². The van der Waals surface area contributed by atoms with E-state index in [0.29, 0.717) is 23.3 Å². The summed E-state index contributed by atoms with van der Waals surface area (Å²) in [6, 6.07) is 5.19. The first-order chi connectivity index (χ1) is 8.29. The van der Waals surface area contributed by atoms with E-state index in [-0.39, 0.29) is 4.90 Å². The van der Waals surface area contributed by atoms with Gasteiger partial charge >= 0.3 is 0 Å². The van der Waals surface area contributed by atoms with Gasteiger partial charge in [0.1, 0.15) is 4.90 Å². The number of hydrogen-bond acceptors (Lipinski definition) is 4. The van der Waals surface area contributed by atoms with E-state index >= 15 is 0 Å². The minimum Gasteiger partial charge on any atom is -0.399 e. The molecule has 0 aliphatic carbocycles. The molecule has 1 aromatic rings. The molecule has 2 rings (SSSR count). The lowest BCUT2D eigenvalue weighted by Gasteiger charge is -2.26. The number of primary sulfonamides is 1. The van der Waals surface area contributed by atoms with Crippen molar-refractivity contribution < 1.29 is 8.42 Å². The molecule has 5 nitrogen and oxygen atoms in total. The van der Waals surface area contributed by atoms with Crippen LogP contribution in [-0.4, -0.2) is 21.0 Å². The predicted molar refractivity (Wildman–Crippen MR) is 72.8 cm³/mol. The second kappa shape index (κ2) is 4.44. The number of benzene rings is 1. The second-order valence-corrected chi connectivity index (χ2v) is 6.64. The molecule has 2 atom stereocenters. The highest BCUT2D eigenvalue weighted by Crippen LogP contribution is 2.33. The summed E-state index contributed by atoms with van der Waals surface area (Å²) < 4.78 is 23.3. The van der Waals surface area contributed by atoms with Crippen LogP contribution in [0.1, 0.15) is 20.3 Å². The third-order valence-electron chi connectivity index (χ3n) is 3.38.